The van der Waals surface area contributed by atoms with Crippen LogP contribution in [0.4, 0.5) is 0 Å². The summed E-state index contributed by atoms with van der Waals surface area (Å²) in [5.74, 6) is 4.38. The molecule has 5 atom stereocenters. The second kappa shape index (κ2) is 16.6. The smallest absolute Gasteiger partial charge is 0.174 e. The van der Waals surface area contributed by atoms with Crippen molar-refractivity contribution in [2.75, 3.05) is 61.7 Å². The van der Waals surface area contributed by atoms with Crippen LogP contribution in [0.5, 0.6) is 34.5 Å². The fourth-order valence-corrected chi connectivity index (χ4v) is 10.5. The molecule has 5 aliphatic rings. The number of hydrogen-bond donors (Lipinski definition) is 2. The highest BCUT2D eigenvalue weighted by molar-refractivity contribution is 5.90. The number of benzene rings is 3. The first-order chi connectivity index (χ1) is 27.9. The molecule has 0 amide bonds. The minimum absolute atomic E-state index is 0.0454. The Labute approximate surface area is 343 Å². The van der Waals surface area contributed by atoms with Crippen LogP contribution in [0.3, 0.4) is 0 Å². The summed E-state index contributed by atoms with van der Waals surface area (Å²) in [7, 11) is 8.67. The summed E-state index contributed by atoms with van der Waals surface area (Å²) in [6, 6.07) is 18.2. The quantitative estimate of drug-likeness (QED) is 0.172. The molecule has 2 bridgehead atoms. The van der Waals surface area contributed by atoms with E-state index in [9.17, 15) is 20.3 Å². The lowest BCUT2D eigenvalue weighted by molar-refractivity contribution is -0.188. The van der Waals surface area contributed by atoms with Crippen molar-refractivity contribution in [1.82, 2.24) is 9.80 Å². The molecule has 3 aromatic carbocycles. The maximum absolute atomic E-state index is 12.7. The number of carbonyl (C=O) groups is 1. The van der Waals surface area contributed by atoms with Crippen molar-refractivity contribution in [3.63, 3.8) is 0 Å². The van der Waals surface area contributed by atoms with Crippen LogP contribution >= 0.6 is 0 Å². The predicted octanol–water partition coefficient (Wildman–Crippen LogP) is 6.62. The van der Waals surface area contributed by atoms with Crippen molar-refractivity contribution < 1.29 is 38.7 Å². The number of ketones is 1. The molecule has 11 nitrogen and oxygen atoms in total. The van der Waals surface area contributed by atoms with E-state index in [-0.39, 0.29) is 23.5 Å². The third kappa shape index (κ3) is 7.15. The molecule has 2 N–H and O–H groups in total. The Balaban J connectivity index is 0.000000182. The number of phenolic OH excluding ortho intramolecular Hbond substituents is 1. The van der Waals surface area contributed by atoms with Gasteiger partial charge in [-0.25, -0.2) is 0 Å². The molecule has 2 aliphatic heterocycles. The number of rotatable bonds is 15. The summed E-state index contributed by atoms with van der Waals surface area (Å²) in [5, 5.41) is 32.5. The van der Waals surface area contributed by atoms with E-state index in [4.69, 9.17) is 23.7 Å². The number of hydrogen-bond acceptors (Lipinski definition) is 11. The van der Waals surface area contributed by atoms with Gasteiger partial charge in [-0.1, -0.05) is 32.0 Å². The van der Waals surface area contributed by atoms with Gasteiger partial charge in [0.05, 0.1) is 50.9 Å². The predicted molar refractivity (Wildman–Crippen MR) is 221 cm³/mol. The highest BCUT2D eigenvalue weighted by Crippen LogP contribution is 2.65. The summed E-state index contributed by atoms with van der Waals surface area (Å²) >= 11 is 0. The van der Waals surface area contributed by atoms with Crippen LogP contribution in [0.25, 0.3) is 0 Å². The standard InChI is InChI=1S/C27H38N2O4.C20H23NO4/c1-20(2)27(19-28,22-10-12-24(31-5)26(18-22)33-7)14-8-15-29(3)16-13-21-9-11-23(30-4)25(17-21)32-6;22-13-4-3-12-9-15-20(24)6-5-14(23)18-19(20,16(12)17(13)25-18)7-8-21(15)10-11-1-2-11/h9-12,17-18,20H,8,13-16H2,1-7H3;3-4,11,15,18,22,24H,1-2,5-10H2/t;15-,18+,19+,20-/m.1/s1. The van der Waals surface area contributed by atoms with E-state index in [1.807, 2.05) is 36.4 Å². The number of phenols is 1. The van der Waals surface area contributed by atoms with Crippen LogP contribution in [-0.4, -0.2) is 105 Å². The molecule has 2 heterocycles. The monoisotopic (exact) mass is 795 g/mol. The molecule has 312 valence electrons. The Hall–Kier alpha value is -4.50. The normalized spacial score (nSPS) is 25.2. The van der Waals surface area contributed by atoms with Crippen LogP contribution in [-0.2, 0) is 28.5 Å². The molecule has 0 aromatic heterocycles. The summed E-state index contributed by atoms with van der Waals surface area (Å²) in [6.07, 6.45) is 6.94. The lowest BCUT2D eigenvalue weighted by Crippen LogP contribution is -2.76. The van der Waals surface area contributed by atoms with Gasteiger partial charge in [0, 0.05) is 31.1 Å². The average molecular weight is 796 g/mol. The molecule has 3 aliphatic carbocycles. The van der Waals surface area contributed by atoms with E-state index >= 15 is 0 Å². The number of likely N-dealkylation sites (tertiary alicyclic amines) is 1. The largest absolute Gasteiger partial charge is 0.504 e. The maximum atomic E-state index is 12.7. The number of methoxy groups -OCH3 is 4. The van der Waals surface area contributed by atoms with Gasteiger partial charge in [0.15, 0.2) is 46.4 Å². The fourth-order valence-electron chi connectivity index (χ4n) is 10.5. The van der Waals surface area contributed by atoms with Gasteiger partial charge < -0.3 is 38.8 Å². The third-order valence-corrected chi connectivity index (χ3v) is 14.0. The molecule has 3 aromatic rings. The Bertz CT molecular complexity index is 2030. The molecule has 0 radical (unpaired) electrons. The first kappa shape index (κ1) is 41.7. The zero-order valence-electron chi connectivity index (χ0n) is 35.3. The Kier molecular flexibility index (Phi) is 11.9. The molecule has 2 saturated carbocycles. The SMILES string of the molecule is COc1ccc(CCN(C)CCCC(C#N)(c2ccc(OC)c(OC)c2)C(C)C)cc1OC.O=C1CC[C@@]2(O)[C@H]3Cc4ccc(O)c5c4[C@@]2(CCN3CC2CC2)[C@H]1O5. The minimum Gasteiger partial charge on any atom is -0.504 e. The molecule has 58 heavy (non-hydrogen) atoms. The van der Waals surface area contributed by atoms with E-state index in [0.29, 0.717) is 30.1 Å². The Morgan fingerprint density at radius 1 is 0.966 bits per heavy atom. The average Bonchev–Trinajstić information content (AvgIpc) is 3.98. The van der Waals surface area contributed by atoms with Gasteiger partial charge in [0.25, 0.3) is 0 Å². The van der Waals surface area contributed by atoms with Crippen LogP contribution in [0, 0.1) is 23.2 Å². The number of ether oxygens (including phenoxy) is 5. The molecule has 3 fully saturated rings. The zero-order chi connectivity index (χ0) is 41.4. The number of aromatic hydroxyl groups is 1. The summed E-state index contributed by atoms with van der Waals surface area (Å²) in [6.45, 7) is 8.01. The van der Waals surface area contributed by atoms with Gasteiger partial charge >= 0.3 is 0 Å². The number of likely N-dealkylation sites (N-methyl/N-ethyl adjacent to an activating group) is 1. The Morgan fingerprint density at radius 3 is 2.31 bits per heavy atom. The second-order valence-corrected chi connectivity index (χ2v) is 17.4. The first-order valence-corrected chi connectivity index (χ1v) is 20.9. The third-order valence-electron chi connectivity index (χ3n) is 14.0. The van der Waals surface area contributed by atoms with Crippen LogP contribution in [0.2, 0.25) is 0 Å². The van der Waals surface area contributed by atoms with Gasteiger partial charge in [0.1, 0.15) is 0 Å². The molecule has 1 spiro atoms. The van der Waals surface area contributed by atoms with E-state index < -0.39 is 22.5 Å². The van der Waals surface area contributed by atoms with Gasteiger partial charge in [-0.3, -0.25) is 9.69 Å². The summed E-state index contributed by atoms with van der Waals surface area (Å²) in [4.78, 5) is 17.5. The highest BCUT2D eigenvalue weighted by Gasteiger charge is 2.73. The number of Topliss-reactive ketones (excluding diaryl/α,β-unsaturated/α-hetero) is 1. The van der Waals surface area contributed by atoms with Crippen molar-refractivity contribution >= 4 is 5.78 Å². The molecule has 11 heteroatoms. The van der Waals surface area contributed by atoms with E-state index in [1.54, 1.807) is 34.5 Å². The number of aliphatic hydroxyl groups is 1. The molecule has 8 rings (SSSR count). The van der Waals surface area contributed by atoms with Gasteiger partial charge in [0.2, 0.25) is 0 Å². The lowest BCUT2D eigenvalue weighted by atomic mass is 9.49. The van der Waals surface area contributed by atoms with Crippen molar-refractivity contribution in [2.24, 2.45) is 11.8 Å². The van der Waals surface area contributed by atoms with E-state index in [2.05, 4.69) is 42.8 Å². The van der Waals surface area contributed by atoms with Crippen LogP contribution in [0.15, 0.2) is 48.5 Å². The second-order valence-electron chi connectivity index (χ2n) is 17.4. The zero-order valence-corrected chi connectivity index (χ0v) is 35.3. The van der Waals surface area contributed by atoms with Gasteiger partial charge in [-0.05, 0) is 130 Å². The van der Waals surface area contributed by atoms with Crippen molar-refractivity contribution in [1.29, 1.82) is 5.26 Å². The summed E-state index contributed by atoms with van der Waals surface area (Å²) in [5.41, 5.74) is 2.06. The lowest BCUT2D eigenvalue weighted by Gasteiger charge is -2.62. The maximum Gasteiger partial charge on any atom is 0.174 e. The molecular weight excluding hydrogens is 735 g/mol. The topological polar surface area (TPSA) is 134 Å². The highest BCUT2D eigenvalue weighted by atomic mass is 16.5. The fraction of sp³-hybridized carbons (Fsp3) is 0.574. The number of carbonyl (C=O) groups excluding carboxylic acids is 1. The van der Waals surface area contributed by atoms with Crippen LogP contribution < -0.4 is 23.7 Å². The van der Waals surface area contributed by atoms with E-state index in [0.717, 1.165) is 92.4 Å². The minimum atomic E-state index is -0.940. The van der Waals surface area contributed by atoms with E-state index in [1.165, 1.54) is 18.4 Å². The Morgan fingerprint density at radius 2 is 1.66 bits per heavy atom. The van der Waals surface area contributed by atoms with Crippen molar-refractivity contribution in [3.05, 3.63) is 70.8 Å². The molecule has 1 unspecified atom stereocenters. The number of piperidine rings is 1. The van der Waals surface area contributed by atoms with Gasteiger partial charge in [-0.15, -0.1) is 0 Å². The molecule has 1 saturated heterocycles. The van der Waals surface area contributed by atoms with Gasteiger partial charge in [-0.2, -0.15) is 5.26 Å². The van der Waals surface area contributed by atoms with Crippen molar-refractivity contribution in [2.45, 2.75) is 100 Å². The van der Waals surface area contributed by atoms with Crippen LogP contribution in [0.1, 0.15) is 81.0 Å². The number of nitrogens with zero attached hydrogens (tertiary/aromatic N) is 3. The summed E-state index contributed by atoms with van der Waals surface area (Å²) < 4.78 is 27.6. The number of nitriles is 1. The molecular formula is C47H61N3O8. The first-order valence-electron chi connectivity index (χ1n) is 20.9. The van der Waals surface area contributed by atoms with Crippen molar-refractivity contribution in [3.8, 4) is 40.6 Å².